The Kier molecular flexibility index (Phi) is 5.47. The van der Waals surface area contributed by atoms with Crippen molar-refractivity contribution >= 4 is 17.5 Å². The summed E-state index contributed by atoms with van der Waals surface area (Å²) in [5, 5.41) is 15.3. The van der Waals surface area contributed by atoms with Crippen LogP contribution in [0.4, 0.5) is 0 Å². The zero-order valence-corrected chi connectivity index (χ0v) is 10.3. The Hall–Kier alpha value is -1.57. The average molecular weight is 252 g/mol. The van der Waals surface area contributed by atoms with Crippen LogP contribution in [-0.2, 0) is 4.79 Å². The van der Waals surface area contributed by atoms with Gasteiger partial charge in [0.05, 0.1) is 6.07 Å². The van der Waals surface area contributed by atoms with Gasteiger partial charge in [0.1, 0.15) is 6.04 Å². The maximum atomic E-state index is 10.7. The molecule has 1 aromatic rings. The summed E-state index contributed by atoms with van der Waals surface area (Å²) in [5.74, 6) is -0.0851. The van der Waals surface area contributed by atoms with Crippen molar-refractivity contribution < 1.29 is 4.79 Å². The van der Waals surface area contributed by atoms with Crippen molar-refractivity contribution in [1.29, 1.82) is 5.26 Å². The fourth-order valence-electron chi connectivity index (χ4n) is 1.39. The molecule has 1 atom stereocenters. The fourth-order valence-corrected chi connectivity index (χ4v) is 1.63. The summed E-state index contributed by atoms with van der Waals surface area (Å²) in [6, 6.07) is 8.88. The first kappa shape index (κ1) is 13.5. The van der Waals surface area contributed by atoms with Crippen LogP contribution in [0, 0.1) is 11.3 Å². The Balaban J connectivity index is 2.53. The maximum Gasteiger partial charge on any atom is 0.216 e. The molecular formula is C12H14ClN3O. The Morgan fingerprint density at radius 3 is 2.76 bits per heavy atom. The average Bonchev–Trinajstić information content (AvgIpc) is 2.30. The van der Waals surface area contributed by atoms with Crippen molar-refractivity contribution in [2.75, 3.05) is 13.1 Å². The third kappa shape index (κ3) is 4.43. The minimum absolute atomic E-state index is 0.0851. The second-order valence-electron chi connectivity index (χ2n) is 3.52. The van der Waals surface area contributed by atoms with Gasteiger partial charge in [0.25, 0.3) is 0 Å². The predicted octanol–water partition coefficient (Wildman–Crippen LogP) is 1.63. The second-order valence-corrected chi connectivity index (χ2v) is 3.93. The van der Waals surface area contributed by atoms with Crippen LogP contribution in [0.2, 0.25) is 5.02 Å². The van der Waals surface area contributed by atoms with Crippen LogP contribution in [0.5, 0.6) is 0 Å². The number of nitriles is 1. The standard InChI is InChI=1S/C12H14ClN3O/c1-9(17)15-6-7-16-12(8-14)10-4-2-3-5-11(10)13/h2-5,12,16H,6-7H2,1H3,(H,15,17). The molecular weight excluding hydrogens is 238 g/mol. The Bertz CT molecular complexity index is 428. The molecule has 0 saturated carbocycles. The number of carbonyl (C=O) groups is 1. The van der Waals surface area contributed by atoms with E-state index in [0.29, 0.717) is 18.1 Å². The predicted molar refractivity (Wildman–Crippen MR) is 66.5 cm³/mol. The molecule has 1 unspecified atom stereocenters. The molecule has 5 heteroatoms. The van der Waals surface area contributed by atoms with Crippen LogP contribution in [0.1, 0.15) is 18.5 Å². The van der Waals surface area contributed by atoms with Gasteiger partial charge in [-0.2, -0.15) is 5.26 Å². The van der Waals surface area contributed by atoms with Crippen molar-refractivity contribution in [1.82, 2.24) is 10.6 Å². The third-order valence-electron chi connectivity index (χ3n) is 2.19. The number of halogens is 1. The first-order valence-corrected chi connectivity index (χ1v) is 5.65. The van der Waals surface area contributed by atoms with E-state index in [9.17, 15) is 4.79 Å². The van der Waals surface area contributed by atoms with Gasteiger partial charge in [0.15, 0.2) is 0 Å². The van der Waals surface area contributed by atoms with Gasteiger partial charge in [0, 0.05) is 30.6 Å². The SMILES string of the molecule is CC(=O)NCCNC(C#N)c1ccccc1Cl. The molecule has 0 aliphatic heterocycles. The minimum Gasteiger partial charge on any atom is -0.355 e. The van der Waals surface area contributed by atoms with Crippen LogP contribution in [-0.4, -0.2) is 19.0 Å². The number of nitrogens with one attached hydrogen (secondary N) is 2. The highest BCUT2D eigenvalue weighted by atomic mass is 35.5. The molecule has 0 aliphatic carbocycles. The molecule has 0 bridgehead atoms. The molecule has 17 heavy (non-hydrogen) atoms. The van der Waals surface area contributed by atoms with Crippen molar-refractivity contribution in [2.45, 2.75) is 13.0 Å². The maximum absolute atomic E-state index is 10.7. The van der Waals surface area contributed by atoms with E-state index in [1.54, 1.807) is 6.07 Å². The topological polar surface area (TPSA) is 64.9 Å². The van der Waals surface area contributed by atoms with Gasteiger partial charge >= 0.3 is 0 Å². The van der Waals surface area contributed by atoms with E-state index in [2.05, 4.69) is 16.7 Å². The zero-order chi connectivity index (χ0) is 12.7. The van der Waals surface area contributed by atoms with Crippen LogP contribution >= 0.6 is 11.6 Å². The van der Waals surface area contributed by atoms with Gasteiger partial charge in [-0.3, -0.25) is 10.1 Å². The van der Waals surface area contributed by atoms with Crippen LogP contribution in [0.15, 0.2) is 24.3 Å². The van der Waals surface area contributed by atoms with Gasteiger partial charge in [0.2, 0.25) is 5.91 Å². The van der Waals surface area contributed by atoms with Gasteiger partial charge in [-0.05, 0) is 6.07 Å². The van der Waals surface area contributed by atoms with E-state index in [4.69, 9.17) is 16.9 Å². The van der Waals surface area contributed by atoms with Crippen molar-refractivity contribution in [3.05, 3.63) is 34.9 Å². The first-order chi connectivity index (χ1) is 8.15. The smallest absolute Gasteiger partial charge is 0.216 e. The Morgan fingerprint density at radius 2 is 2.18 bits per heavy atom. The highest BCUT2D eigenvalue weighted by Gasteiger charge is 2.12. The summed E-state index contributed by atoms with van der Waals surface area (Å²) in [6.07, 6.45) is 0. The van der Waals surface area contributed by atoms with Crippen LogP contribution in [0.3, 0.4) is 0 Å². The van der Waals surface area contributed by atoms with Gasteiger partial charge in [-0.1, -0.05) is 29.8 Å². The van der Waals surface area contributed by atoms with Crippen molar-refractivity contribution in [2.24, 2.45) is 0 Å². The lowest BCUT2D eigenvalue weighted by molar-refractivity contribution is -0.118. The van der Waals surface area contributed by atoms with Gasteiger partial charge in [-0.25, -0.2) is 0 Å². The number of rotatable bonds is 5. The molecule has 0 spiro atoms. The van der Waals surface area contributed by atoms with Gasteiger partial charge in [-0.15, -0.1) is 0 Å². The fraction of sp³-hybridized carbons (Fsp3) is 0.333. The van der Waals surface area contributed by atoms with E-state index in [1.807, 2.05) is 18.2 Å². The lowest BCUT2D eigenvalue weighted by Gasteiger charge is -2.13. The van der Waals surface area contributed by atoms with Gasteiger partial charge < -0.3 is 5.32 Å². The largest absolute Gasteiger partial charge is 0.355 e. The highest BCUT2D eigenvalue weighted by Crippen LogP contribution is 2.21. The molecule has 0 saturated heterocycles. The molecule has 1 rings (SSSR count). The number of benzene rings is 1. The molecule has 0 aromatic heterocycles. The molecule has 90 valence electrons. The molecule has 2 N–H and O–H groups in total. The quantitative estimate of drug-likeness (QED) is 0.782. The number of hydrogen-bond donors (Lipinski definition) is 2. The zero-order valence-electron chi connectivity index (χ0n) is 9.53. The summed E-state index contributed by atoms with van der Waals surface area (Å²) >= 11 is 6.00. The Morgan fingerprint density at radius 1 is 1.47 bits per heavy atom. The monoisotopic (exact) mass is 251 g/mol. The summed E-state index contributed by atoms with van der Waals surface area (Å²) in [7, 11) is 0. The number of carbonyl (C=O) groups excluding carboxylic acids is 1. The van der Waals surface area contributed by atoms with E-state index in [-0.39, 0.29) is 5.91 Å². The van der Waals surface area contributed by atoms with Crippen LogP contribution < -0.4 is 10.6 Å². The van der Waals surface area contributed by atoms with Crippen molar-refractivity contribution in [3.63, 3.8) is 0 Å². The molecule has 0 aliphatic rings. The molecule has 0 radical (unpaired) electrons. The summed E-state index contributed by atoms with van der Waals surface area (Å²) in [6.45, 7) is 2.46. The molecule has 1 aromatic carbocycles. The van der Waals surface area contributed by atoms with Crippen LogP contribution in [0.25, 0.3) is 0 Å². The summed E-state index contributed by atoms with van der Waals surface area (Å²) in [5.41, 5.74) is 0.750. The molecule has 1 amide bonds. The number of hydrogen-bond acceptors (Lipinski definition) is 3. The van der Waals surface area contributed by atoms with E-state index in [1.165, 1.54) is 6.92 Å². The third-order valence-corrected chi connectivity index (χ3v) is 2.54. The minimum atomic E-state index is -0.461. The molecule has 0 heterocycles. The number of amides is 1. The lowest BCUT2D eigenvalue weighted by atomic mass is 10.1. The molecule has 4 nitrogen and oxygen atoms in total. The second kappa shape index (κ2) is 6.89. The van der Waals surface area contributed by atoms with E-state index < -0.39 is 6.04 Å². The lowest BCUT2D eigenvalue weighted by Crippen LogP contribution is -2.32. The first-order valence-electron chi connectivity index (χ1n) is 5.27. The highest BCUT2D eigenvalue weighted by molar-refractivity contribution is 6.31. The molecule has 0 fully saturated rings. The van der Waals surface area contributed by atoms with E-state index >= 15 is 0 Å². The summed E-state index contributed by atoms with van der Waals surface area (Å²) < 4.78 is 0. The normalized spacial score (nSPS) is 11.6. The van der Waals surface area contributed by atoms with Crippen molar-refractivity contribution in [3.8, 4) is 6.07 Å². The Labute approximate surface area is 106 Å². The number of nitrogens with zero attached hydrogens (tertiary/aromatic N) is 1. The summed E-state index contributed by atoms with van der Waals surface area (Å²) in [4.78, 5) is 10.7. The van der Waals surface area contributed by atoms with E-state index in [0.717, 1.165) is 5.56 Å².